The molecular weight excluding hydrogens is 471 g/mol. The van der Waals surface area contributed by atoms with Gasteiger partial charge in [0, 0.05) is 41.3 Å². The van der Waals surface area contributed by atoms with Crippen LogP contribution in [-0.2, 0) is 4.79 Å². The fourth-order valence-electron chi connectivity index (χ4n) is 3.03. The van der Waals surface area contributed by atoms with Crippen LogP contribution in [0.3, 0.4) is 0 Å². The van der Waals surface area contributed by atoms with Gasteiger partial charge in [0.2, 0.25) is 0 Å². The van der Waals surface area contributed by atoms with Crippen molar-refractivity contribution in [3.8, 4) is 23.6 Å². The highest BCUT2D eigenvalue weighted by Gasteiger charge is 2.38. The van der Waals surface area contributed by atoms with Gasteiger partial charge in [-0.15, -0.1) is 11.3 Å². The van der Waals surface area contributed by atoms with Gasteiger partial charge in [-0.05, 0) is 24.1 Å². The minimum atomic E-state index is -5.08. The number of nitrogens with zero attached hydrogens (tertiary/aromatic N) is 6. The number of pyridine rings is 1. The van der Waals surface area contributed by atoms with Crippen LogP contribution < -0.4 is 0 Å². The molecule has 35 heavy (non-hydrogen) atoms. The molecule has 0 radical (unpaired) electrons. The average Bonchev–Trinajstić information content (AvgIpc) is 3.50. The lowest BCUT2D eigenvalue weighted by molar-refractivity contribution is -0.192. The molecule has 0 saturated carbocycles. The summed E-state index contributed by atoms with van der Waals surface area (Å²) in [6.07, 6.45) is 12.1. The molecule has 1 atom stereocenters. The number of aromatic nitrogens is 6. The standard InChI is InChI=1S/C19H16N6.C2HF3O2.HNO2/c1-3-13-7-14(9-20-8-13)17(4-2)25-11-15(10-24-25)18-16-5-6-21-19(16)23-12-22-18;3-2(4,5)1(6)7;2-1-3/h1,5-12,17H,4H2,2H3,(H,21,22,23);(H,6,7);(H,2,3). The lowest BCUT2D eigenvalue weighted by atomic mass is 10.1. The van der Waals surface area contributed by atoms with Crippen LogP contribution in [0, 0.1) is 17.3 Å². The van der Waals surface area contributed by atoms with Crippen molar-refractivity contribution in [1.82, 2.24) is 29.7 Å². The van der Waals surface area contributed by atoms with Gasteiger partial charge in [-0.1, -0.05) is 12.8 Å². The zero-order valence-electron chi connectivity index (χ0n) is 18.0. The van der Waals surface area contributed by atoms with Crippen molar-refractivity contribution in [2.24, 2.45) is 5.34 Å². The van der Waals surface area contributed by atoms with E-state index < -0.39 is 12.1 Å². The second-order valence-electron chi connectivity index (χ2n) is 6.63. The molecule has 0 amide bonds. The molecule has 4 aromatic rings. The van der Waals surface area contributed by atoms with Gasteiger partial charge in [-0.3, -0.25) is 9.67 Å². The summed E-state index contributed by atoms with van der Waals surface area (Å²) in [4.78, 5) is 33.0. The highest BCUT2D eigenvalue weighted by molar-refractivity contribution is 5.89. The molecule has 4 heterocycles. The monoisotopic (exact) mass is 489 g/mol. The lowest BCUT2D eigenvalue weighted by Crippen LogP contribution is -2.21. The molecule has 0 aliphatic heterocycles. The van der Waals surface area contributed by atoms with E-state index >= 15 is 0 Å². The Bertz CT molecular complexity index is 1330. The zero-order valence-corrected chi connectivity index (χ0v) is 18.0. The van der Waals surface area contributed by atoms with E-state index in [2.05, 4.69) is 37.9 Å². The molecular formula is C21H18F3N7O4. The number of aliphatic carboxylic acids is 1. The van der Waals surface area contributed by atoms with Crippen LogP contribution in [0.25, 0.3) is 22.3 Å². The van der Waals surface area contributed by atoms with Crippen LogP contribution in [0.5, 0.6) is 0 Å². The molecule has 11 nitrogen and oxygen atoms in total. The summed E-state index contributed by atoms with van der Waals surface area (Å²) >= 11 is 0. The zero-order chi connectivity index (χ0) is 26.0. The number of carbonyl (C=O) groups is 1. The quantitative estimate of drug-likeness (QED) is 0.221. The van der Waals surface area contributed by atoms with E-state index in [0.29, 0.717) is 0 Å². The Hall–Kier alpha value is -4.80. The number of aromatic amines is 1. The second kappa shape index (κ2) is 11.9. The van der Waals surface area contributed by atoms with Crippen molar-refractivity contribution in [2.45, 2.75) is 25.6 Å². The van der Waals surface area contributed by atoms with Crippen molar-refractivity contribution < 1.29 is 28.3 Å². The first-order valence-corrected chi connectivity index (χ1v) is 9.67. The predicted molar refractivity (Wildman–Crippen MR) is 117 cm³/mol. The first-order chi connectivity index (χ1) is 16.7. The maximum atomic E-state index is 10.6. The summed E-state index contributed by atoms with van der Waals surface area (Å²) in [5, 5.41) is 20.5. The number of terminal acetylenes is 1. The molecule has 0 spiro atoms. The van der Waals surface area contributed by atoms with E-state index in [1.54, 1.807) is 12.5 Å². The maximum absolute atomic E-state index is 10.6. The number of hydrogen-bond donors (Lipinski definition) is 3. The maximum Gasteiger partial charge on any atom is 0.490 e. The average molecular weight is 489 g/mol. The van der Waals surface area contributed by atoms with Crippen LogP contribution in [0.4, 0.5) is 13.2 Å². The number of rotatable bonds is 4. The Balaban J connectivity index is 0.000000369. The number of alkyl halides is 3. The molecule has 0 saturated heterocycles. The molecule has 0 bridgehead atoms. The van der Waals surface area contributed by atoms with Crippen molar-refractivity contribution >= 4 is 17.0 Å². The summed E-state index contributed by atoms with van der Waals surface area (Å²) in [5.74, 6) is -0.124. The Morgan fingerprint density at radius 1 is 1.31 bits per heavy atom. The first-order valence-electron chi connectivity index (χ1n) is 9.67. The fourth-order valence-corrected chi connectivity index (χ4v) is 3.03. The third kappa shape index (κ3) is 6.84. The molecule has 0 aromatic carbocycles. The third-order valence-electron chi connectivity index (χ3n) is 4.49. The van der Waals surface area contributed by atoms with Gasteiger partial charge in [0.05, 0.1) is 17.9 Å². The summed E-state index contributed by atoms with van der Waals surface area (Å²) in [5.41, 5.74) is 4.44. The highest BCUT2D eigenvalue weighted by Crippen LogP contribution is 2.27. The summed E-state index contributed by atoms with van der Waals surface area (Å²) in [6, 6.07) is 4.02. The first kappa shape index (κ1) is 26.5. The molecule has 4 rings (SSSR count). The third-order valence-corrected chi connectivity index (χ3v) is 4.49. The molecule has 3 N–H and O–H groups in total. The Morgan fingerprint density at radius 3 is 2.60 bits per heavy atom. The van der Waals surface area contributed by atoms with Crippen molar-refractivity contribution in [1.29, 1.82) is 0 Å². The normalized spacial score (nSPS) is 11.3. The van der Waals surface area contributed by atoms with E-state index in [4.69, 9.17) is 26.4 Å². The fraction of sp³-hybridized carbons (Fsp3) is 0.190. The SMILES string of the molecule is C#Cc1cncc(C(CC)n2cc(-c3ncnc4[nH]ccc34)cn2)c1.O=C(O)C(F)(F)F.O=NO. The Kier molecular flexibility index (Phi) is 8.98. The van der Waals surface area contributed by atoms with E-state index in [9.17, 15) is 13.2 Å². The molecule has 0 aliphatic rings. The van der Waals surface area contributed by atoms with Crippen LogP contribution in [0.2, 0.25) is 0 Å². The lowest BCUT2D eigenvalue weighted by Gasteiger charge is -2.15. The minimum absolute atomic E-state index is 0.0677. The van der Waals surface area contributed by atoms with E-state index in [0.717, 1.165) is 39.8 Å². The molecule has 14 heteroatoms. The number of fused-ring (bicyclic) bond motifs is 1. The Labute approximate surface area is 195 Å². The van der Waals surface area contributed by atoms with Gasteiger partial charge in [-0.25, -0.2) is 14.8 Å². The summed E-state index contributed by atoms with van der Waals surface area (Å²) in [6.45, 7) is 2.11. The number of nitrogens with one attached hydrogen (secondary N) is 1. The van der Waals surface area contributed by atoms with Crippen molar-refractivity contribution in [3.63, 3.8) is 0 Å². The van der Waals surface area contributed by atoms with Crippen molar-refractivity contribution in [3.05, 3.63) is 65.5 Å². The predicted octanol–water partition coefficient (Wildman–Crippen LogP) is 3.97. The molecule has 182 valence electrons. The second-order valence-corrected chi connectivity index (χ2v) is 6.63. The van der Waals surface area contributed by atoms with E-state index in [1.807, 2.05) is 41.6 Å². The van der Waals surface area contributed by atoms with Gasteiger partial charge >= 0.3 is 12.1 Å². The smallest absolute Gasteiger partial charge is 0.475 e. The Morgan fingerprint density at radius 2 is 2.00 bits per heavy atom. The van der Waals surface area contributed by atoms with Crippen LogP contribution in [0.1, 0.15) is 30.5 Å². The van der Waals surface area contributed by atoms with Crippen LogP contribution in [0.15, 0.2) is 54.8 Å². The molecule has 0 fully saturated rings. The van der Waals surface area contributed by atoms with Gasteiger partial charge in [-0.2, -0.15) is 18.3 Å². The van der Waals surface area contributed by atoms with E-state index in [1.165, 1.54) is 5.34 Å². The van der Waals surface area contributed by atoms with Gasteiger partial charge in [0.15, 0.2) is 5.34 Å². The molecule has 1 unspecified atom stereocenters. The van der Waals surface area contributed by atoms with Crippen LogP contribution in [-0.4, -0.2) is 52.2 Å². The van der Waals surface area contributed by atoms with Crippen molar-refractivity contribution in [2.75, 3.05) is 0 Å². The summed E-state index contributed by atoms with van der Waals surface area (Å²) < 4.78 is 33.7. The largest absolute Gasteiger partial charge is 0.490 e. The number of H-pyrrole nitrogens is 1. The van der Waals surface area contributed by atoms with Crippen LogP contribution >= 0.6 is 0 Å². The highest BCUT2D eigenvalue weighted by atomic mass is 19.4. The van der Waals surface area contributed by atoms with Gasteiger partial charge < -0.3 is 15.3 Å². The number of halogens is 3. The van der Waals surface area contributed by atoms with Gasteiger partial charge in [0.1, 0.15) is 12.0 Å². The van der Waals surface area contributed by atoms with E-state index in [-0.39, 0.29) is 6.04 Å². The summed E-state index contributed by atoms with van der Waals surface area (Å²) in [7, 11) is 0. The molecule has 4 aromatic heterocycles. The molecule has 0 aliphatic carbocycles. The topological polar surface area (TPSA) is 159 Å². The van der Waals surface area contributed by atoms with Gasteiger partial charge in [0.25, 0.3) is 0 Å². The number of hydrogen-bond acceptors (Lipinski definition) is 7. The minimum Gasteiger partial charge on any atom is -0.475 e. The number of carboxylic acid groups (broad SMARTS) is 1. The number of carboxylic acids is 1.